The third-order valence-corrected chi connectivity index (χ3v) is 5.86. The van der Waals surface area contributed by atoms with Crippen molar-refractivity contribution in [3.63, 3.8) is 0 Å². The molecule has 1 saturated heterocycles. The first kappa shape index (κ1) is 21.6. The number of likely N-dealkylation sites (tertiary alicyclic amines) is 1. The standard InChI is InChI=1S/C27H27NO4/c1-17-7-9-19(10-8-17)24(29)22-23(18-11-13-20(14-12-18)27(2,3)4)28(26(31)25(22)30)16-21-6-5-15-32-21/h5-15,23,29H,16H2,1-4H3/b24-22+/t23-/m1/s1. The van der Waals surface area contributed by atoms with Crippen LogP contribution in [0.5, 0.6) is 0 Å². The van der Waals surface area contributed by atoms with E-state index in [4.69, 9.17) is 4.42 Å². The molecule has 0 bridgehead atoms. The average Bonchev–Trinajstić information content (AvgIpc) is 3.36. The maximum Gasteiger partial charge on any atom is 0.296 e. The lowest BCUT2D eigenvalue weighted by molar-refractivity contribution is -0.140. The number of nitrogens with zero attached hydrogens (tertiary/aromatic N) is 1. The summed E-state index contributed by atoms with van der Waals surface area (Å²) in [5.74, 6) is -0.951. The van der Waals surface area contributed by atoms with Gasteiger partial charge in [0, 0.05) is 5.56 Å². The summed E-state index contributed by atoms with van der Waals surface area (Å²) >= 11 is 0. The summed E-state index contributed by atoms with van der Waals surface area (Å²) in [6.45, 7) is 8.46. The van der Waals surface area contributed by atoms with Crippen LogP contribution in [0.15, 0.2) is 76.9 Å². The number of benzene rings is 2. The van der Waals surface area contributed by atoms with E-state index in [1.807, 2.05) is 43.3 Å². The van der Waals surface area contributed by atoms with Gasteiger partial charge in [0.25, 0.3) is 11.7 Å². The molecule has 1 fully saturated rings. The van der Waals surface area contributed by atoms with E-state index in [1.165, 1.54) is 11.2 Å². The van der Waals surface area contributed by atoms with Gasteiger partial charge in [-0.15, -0.1) is 0 Å². The van der Waals surface area contributed by atoms with E-state index in [0.717, 1.165) is 16.7 Å². The molecule has 0 aliphatic carbocycles. The first-order chi connectivity index (χ1) is 15.2. The number of carbonyl (C=O) groups excluding carboxylic acids is 2. The molecule has 2 heterocycles. The lowest BCUT2D eigenvalue weighted by Gasteiger charge is -2.26. The molecule has 2 aromatic carbocycles. The second-order valence-electron chi connectivity index (χ2n) is 9.24. The topological polar surface area (TPSA) is 70.8 Å². The number of Topliss-reactive ketones (excluding diaryl/α,β-unsaturated/α-hetero) is 1. The molecule has 1 aliphatic heterocycles. The third kappa shape index (κ3) is 3.98. The van der Waals surface area contributed by atoms with Crippen LogP contribution in [-0.4, -0.2) is 21.7 Å². The number of aryl methyl sites for hydroxylation is 1. The zero-order valence-corrected chi connectivity index (χ0v) is 18.8. The molecule has 1 amide bonds. The summed E-state index contributed by atoms with van der Waals surface area (Å²) in [7, 11) is 0. The fourth-order valence-electron chi connectivity index (χ4n) is 3.99. The van der Waals surface area contributed by atoms with E-state index >= 15 is 0 Å². The van der Waals surface area contributed by atoms with Crippen molar-refractivity contribution in [2.24, 2.45) is 0 Å². The van der Waals surface area contributed by atoms with Crippen molar-refractivity contribution in [1.82, 2.24) is 4.90 Å². The van der Waals surface area contributed by atoms with Crippen LogP contribution >= 0.6 is 0 Å². The Kier molecular flexibility index (Phi) is 5.51. The fraction of sp³-hybridized carbons (Fsp3) is 0.259. The predicted octanol–water partition coefficient (Wildman–Crippen LogP) is 5.51. The van der Waals surface area contributed by atoms with Gasteiger partial charge in [-0.3, -0.25) is 9.59 Å². The van der Waals surface area contributed by atoms with Gasteiger partial charge in [0.1, 0.15) is 11.5 Å². The van der Waals surface area contributed by atoms with Crippen LogP contribution in [0.3, 0.4) is 0 Å². The highest BCUT2D eigenvalue weighted by molar-refractivity contribution is 6.46. The van der Waals surface area contributed by atoms with E-state index in [-0.39, 0.29) is 23.3 Å². The summed E-state index contributed by atoms with van der Waals surface area (Å²) in [5, 5.41) is 11.1. The van der Waals surface area contributed by atoms with Crippen LogP contribution in [-0.2, 0) is 21.5 Å². The second kappa shape index (κ2) is 8.15. The molecule has 0 unspecified atom stereocenters. The Labute approximate surface area is 188 Å². The van der Waals surface area contributed by atoms with Crippen molar-refractivity contribution in [1.29, 1.82) is 0 Å². The van der Waals surface area contributed by atoms with Crippen LogP contribution in [0.1, 0.15) is 54.8 Å². The molecule has 1 aromatic heterocycles. The molecule has 3 aromatic rings. The fourth-order valence-corrected chi connectivity index (χ4v) is 3.99. The van der Waals surface area contributed by atoms with Crippen LogP contribution in [0.4, 0.5) is 0 Å². The molecule has 0 radical (unpaired) electrons. The van der Waals surface area contributed by atoms with E-state index in [9.17, 15) is 14.7 Å². The van der Waals surface area contributed by atoms with E-state index in [1.54, 1.807) is 24.3 Å². The summed E-state index contributed by atoms with van der Waals surface area (Å²) in [5.41, 5.74) is 3.50. The van der Waals surface area contributed by atoms with E-state index in [0.29, 0.717) is 11.3 Å². The van der Waals surface area contributed by atoms with Crippen LogP contribution in [0, 0.1) is 6.92 Å². The molecule has 1 atom stereocenters. The monoisotopic (exact) mass is 429 g/mol. The molecule has 0 spiro atoms. The summed E-state index contributed by atoms with van der Waals surface area (Å²) in [6.07, 6.45) is 1.53. The van der Waals surface area contributed by atoms with Crippen molar-refractivity contribution in [2.75, 3.05) is 0 Å². The minimum Gasteiger partial charge on any atom is -0.507 e. The molecule has 0 saturated carbocycles. The van der Waals surface area contributed by atoms with Gasteiger partial charge in [-0.25, -0.2) is 0 Å². The predicted molar refractivity (Wildman–Crippen MR) is 123 cm³/mol. The molecular formula is C27H27NO4. The number of hydrogen-bond acceptors (Lipinski definition) is 4. The minimum absolute atomic E-state index is 0.0313. The van der Waals surface area contributed by atoms with Crippen LogP contribution in [0.25, 0.3) is 5.76 Å². The van der Waals surface area contributed by atoms with Crippen molar-refractivity contribution < 1.29 is 19.1 Å². The SMILES string of the molecule is Cc1ccc(/C(O)=C2\C(=O)C(=O)N(Cc3ccco3)[C@@H]2c2ccc(C(C)(C)C)cc2)cc1. The number of aliphatic hydroxyl groups excluding tert-OH is 1. The Balaban J connectivity index is 1.85. The first-order valence-corrected chi connectivity index (χ1v) is 10.6. The van der Waals surface area contributed by atoms with Gasteiger partial charge in [-0.2, -0.15) is 0 Å². The van der Waals surface area contributed by atoms with Crippen molar-refractivity contribution in [2.45, 2.75) is 45.7 Å². The smallest absolute Gasteiger partial charge is 0.296 e. The summed E-state index contributed by atoms with van der Waals surface area (Å²) in [4.78, 5) is 27.6. The third-order valence-electron chi connectivity index (χ3n) is 5.86. The quantitative estimate of drug-likeness (QED) is 0.337. The zero-order valence-electron chi connectivity index (χ0n) is 18.8. The molecule has 164 valence electrons. The number of hydrogen-bond donors (Lipinski definition) is 1. The molecule has 5 heteroatoms. The molecular weight excluding hydrogens is 402 g/mol. The van der Waals surface area contributed by atoms with Gasteiger partial charge in [0.05, 0.1) is 24.4 Å². The Morgan fingerprint density at radius 2 is 1.66 bits per heavy atom. The molecule has 32 heavy (non-hydrogen) atoms. The Hall–Kier alpha value is -3.60. The maximum atomic E-state index is 13.1. The van der Waals surface area contributed by atoms with E-state index in [2.05, 4.69) is 20.8 Å². The van der Waals surface area contributed by atoms with Crippen LogP contribution in [0.2, 0.25) is 0 Å². The van der Waals surface area contributed by atoms with E-state index < -0.39 is 17.7 Å². The van der Waals surface area contributed by atoms with Gasteiger partial charge in [-0.05, 0) is 35.6 Å². The average molecular weight is 430 g/mol. The first-order valence-electron chi connectivity index (χ1n) is 10.6. The Morgan fingerprint density at radius 1 is 1.00 bits per heavy atom. The normalized spacial score (nSPS) is 18.4. The largest absolute Gasteiger partial charge is 0.507 e. The van der Waals surface area contributed by atoms with Gasteiger partial charge in [0.15, 0.2) is 0 Å². The number of ketones is 1. The number of amides is 1. The number of aliphatic hydroxyl groups is 1. The van der Waals surface area contributed by atoms with Gasteiger partial charge in [-0.1, -0.05) is 74.9 Å². The molecule has 5 nitrogen and oxygen atoms in total. The lowest BCUT2D eigenvalue weighted by atomic mass is 9.85. The van der Waals surface area contributed by atoms with Crippen LogP contribution < -0.4 is 0 Å². The Bertz CT molecular complexity index is 1160. The van der Waals surface area contributed by atoms with Gasteiger partial charge < -0.3 is 14.4 Å². The Morgan fingerprint density at radius 3 is 2.22 bits per heavy atom. The zero-order chi connectivity index (χ0) is 23.0. The number of furan rings is 1. The highest BCUT2D eigenvalue weighted by atomic mass is 16.3. The minimum atomic E-state index is -0.713. The molecule has 4 rings (SSSR count). The number of rotatable bonds is 4. The van der Waals surface area contributed by atoms with Crippen molar-refractivity contribution in [3.8, 4) is 0 Å². The van der Waals surface area contributed by atoms with Gasteiger partial charge >= 0.3 is 0 Å². The molecule has 1 N–H and O–H groups in total. The summed E-state index contributed by atoms with van der Waals surface area (Å²) < 4.78 is 5.44. The highest BCUT2D eigenvalue weighted by Gasteiger charge is 2.46. The van der Waals surface area contributed by atoms with Gasteiger partial charge in [0.2, 0.25) is 0 Å². The number of carbonyl (C=O) groups is 2. The van der Waals surface area contributed by atoms with Crippen molar-refractivity contribution >= 4 is 17.4 Å². The molecule has 1 aliphatic rings. The van der Waals surface area contributed by atoms with Crippen molar-refractivity contribution in [3.05, 3.63) is 101 Å². The maximum absolute atomic E-state index is 13.1. The lowest BCUT2D eigenvalue weighted by Crippen LogP contribution is -2.29. The highest BCUT2D eigenvalue weighted by Crippen LogP contribution is 2.40. The summed E-state index contributed by atoms with van der Waals surface area (Å²) in [6, 6.07) is 17.9. The second-order valence-corrected chi connectivity index (χ2v) is 9.24.